The molecule has 0 saturated heterocycles. The van der Waals surface area contributed by atoms with Crippen molar-refractivity contribution in [3.05, 3.63) is 0 Å². The third-order valence-electron chi connectivity index (χ3n) is 1.69. The van der Waals surface area contributed by atoms with E-state index in [1.165, 1.54) is 6.92 Å². The minimum atomic E-state index is -4.44. The van der Waals surface area contributed by atoms with Gasteiger partial charge >= 0.3 is 12.1 Å². The maximum Gasteiger partial charge on any atom is 0.405 e. The second-order valence-corrected chi connectivity index (χ2v) is 3.25. The summed E-state index contributed by atoms with van der Waals surface area (Å²) in [6.07, 6.45) is -4.44. The Hall–Kier alpha value is -1.31. The van der Waals surface area contributed by atoms with Gasteiger partial charge in [0.05, 0.1) is 13.2 Å². The fourth-order valence-corrected chi connectivity index (χ4v) is 0.858. The summed E-state index contributed by atoms with van der Waals surface area (Å²) in [6.45, 7) is 1.51. The van der Waals surface area contributed by atoms with E-state index in [0.717, 1.165) is 0 Å². The van der Waals surface area contributed by atoms with Crippen LogP contribution in [-0.4, -0.2) is 43.8 Å². The van der Waals surface area contributed by atoms with Crippen LogP contribution in [0.3, 0.4) is 0 Å². The molecule has 0 fully saturated rings. The molecule has 0 bridgehead atoms. The van der Waals surface area contributed by atoms with Crippen molar-refractivity contribution in [2.75, 3.05) is 19.7 Å². The van der Waals surface area contributed by atoms with Gasteiger partial charge in [0.15, 0.2) is 0 Å². The summed E-state index contributed by atoms with van der Waals surface area (Å²) < 4.78 is 39.8. The number of amides is 1. The van der Waals surface area contributed by atoms with Gasteiger partial charge in [-0.05, 0) is 13.8 Å². The van der Waals surface area contributed by atoms with Crippen LogP contribution in [0.15, 0.2) is 0 Å². The van der Waals surface area contributed by atoms with Crippen LogP contribution in [0.5, 0.6) is 0 Å². The molecule has 1 amide bonds. The molecular formula is C9H15F3N2O3. The lowest BCUT2D eigenvalue weighted by molar-refractivity contribution is -0.145. The Labute approximate surface area is 96.7 Å². The predicted molar refractivity (Wildman–Crippen MR) is 53.2 cm³/mol. The van der Waals surface area contributed by atoms with Gasteiger partial charge in [-0.2, -0.15) is 13.2 Å². The van der Waals surface area contributed by atoms with Crippen molar-refractivity contribution in [3.63, 3.8) is 0 Å². The summed E-state index contributed by atoms with van der Waals surface area (Å²) >= 11 is 0. The topological polar surface area (TPSA) is 67.4 Å². The number of alkyl halides is 3. The maximum atomic E-state index is 11.7. The molecule has 0 aromatic rings. The lowest BCUT2D eigenvalue weighted by Crippen LogP contribution is -2.44. The van der Waals surface area contributed by atoms with Gasteiger partial charge in [-0.25, -0.2) is 0 Å². The lowest BCUT2D eigenvalue weighted by Gasteiger charge is -2.13. The highest BCUT2D eigenvalue weighted by atomic mass is 19.4. The van der Waals surface area contributed by atoms with E-state index in [4.69, 9.17) is 0 Å². The third-order valence-corrected chi connectivity index (χ3v) is 1.69. The second kappa shape index (κ2) is 7.10. The molecule has 8 heteroatoms. The normalized spacial score (nSPS) is 13.0. The zero-order valence-electron chi connectivity index (χ0n) is 9.56. The summed E-state index contributed by atoms with van der Waals surface area (Å²) in [4.78, 5) is 22.0. The number of hydrogen-bond acceptors (Lipinski definition) is 4. The Morgan fingerprint density at radius 1 is 1.35 bits per heavy atom. The van der Waals surface area contributed by atoms with Crippen LogP contribution in [0.25, 0.3) is 0 Å². The molecule has 0 aliphatic rings. The smallest absolute Gasteiger partial charge is 0.405 e. The van der Waals surface area contributed by atoms with Gasteiger partial charge in [-0.15, -0.1) is 0 Å². The van der Waals surface area contributed by atoms with Crippen LogP contribution in [0.1, 0.15) is 13.8 Å². The van der Waals surface area contributed by atoms with E-state index in [9.17, 15) is 22.8 Å². The minimum absolute atomic E-state index is 0.200. The van der Waals surface area contributed by atoms with E-state index in [2.05, 4.69) is 10.1 Å². The maximum absolute atomic E-state index is 11.7. The molecule has 0 aliphatic heterocycles. The van der Waals surface area contributed by atoms with Crippen LogP contribution in [0, 0.1) is 0 Å². The van der Waals surface area contributed by atoms with Crippen LogP contribution >= 0.6 is 0 Å². The number of hydrogen-bond donors (Lipinski definition) is 2. The van der Waals surface area contributed by atoms with Gasteiger partial charge in [-0.1, -0.05) is 0 Å². The molecule has 0 aromatic carbocycles. The van der Waals surface area contributed by atoms with E-state index in [1.54, 1.807) is 12.2 Å². The molecule has 1 atom stereocenters. The summed E-state index contributed by atoms with van der Waals surface area (Å²) in [5.74, 6) is -1.39. The average Bonchev–Trinajstić information content (AvgIpc) is 2.22. The van der Waals surface area contributed by atoms with E-state index in [-0.39, 0.29) is 13.2 Å². The van der Waals surface area contributed by atoms with Crippen molar-refractivity contribution in [1.82, 2.24) is 10.6 Å². The Kier molecular flexibility index (Phi) is 6.55. The fraction of sp³-hybridized carbons (Fsp3) is 0.778. The highest BCUT2D eigenvalue weighted by Gasteiger charge is 2.27. The average molecular weight is 256 g/mol. The van der Waals surface area contributed by atoms with Gasteiger partial charge in [0.25, 0.3) is 0 Å². The van der Waals surface area contributed by atoms with Gasteiger partial charge in [0, 0.05) is 0 Å². The molecule has 0 spiro atoms. The quantitative estimate of drug-likeness (QED) is 0.666. The number of rotatable bonds is 6. The van der Waals surface area contributed by atoms with E-state index in [0.29, 0.717) is 0 Å². The van der Waals surface area contributed by atoms with E-state index >= 15 is 0 Å². The van der Waals surface area contributed by atoms with Crippen molar-refractivity contribution >= 4 is 11.9 Å². The number of nitrogens with one attached hydrogen (secondary N) is 2. The Morgan fingerprint density at radius 2 is 1.94 bits per heavy atom. The minimum Gasteiger partial charge on any atom is -0.465 e. The van der Waals surface area contributed by atoms with E-state index < -0.39 is 30.6 Å². The number of carbonyl (C=O) groups excluding carboxylic acids is 2. The summed E-state index contributed by atoms with van der Waals surface area (Å²) in [5, 5.41) is 4.12. The zero-order chi connectivity index (χ0) is 13.5. The van der Waals surface area contributed by atoms with Crippen LogP contribution < -0.4 is 10.6 Å². The first-order chi connectivity index (χ1) is 7.76. The first-order valence-corrected chi connectivity index (χ1v) is 4.99. The highest BCUT2D eigenvalue weighted by molar-refractivity contribution is 5.80. The standard InChI is InChI=1S/C9H15F3N2O3/c1-3-17-8(16)6(2)13-4-7(15)14-5-9(10,11)12/h6,13H,3-5H2,1-2H3,(H,14,15). The molecular weight excluding hydrogens is 241 g/mol. The number of ether oxygens (including phenoxy) is 1. The van der Waals surface area contributed by atoms with Crippen LogP contribution in [0.2, 0.25) is 0 Å². The monoisotopic (exact) mass is 256 g/mol. The van der Waals surface area contributed by atoms with Crippen molar-refractivity contribution in [3.8, 4) is 0 Å². The molecule has 0 aliphatic carbocycles. The molecule has 100 valence electrons. The molecule has 0 aromatic heterocycles. The van der Waals surface area contributed by atoms with Gasteiger partial charge in [0.2, 0.25) is 5.91 Å². The fourth-order valence-electron chi connectivity index (χ4n) is 0.858. The van der Waals surface area contributed by atoms with Crippen molar-refractivity contribution in [2.24, 2.45) is 0 Å². The first-order valence-electron chi connectivity index (χ1n) is 4.99. The Balaban J connectivity index is 3.80. The number of halogens is 3. The number of esters is 1. The Bertz CT molecular complexity index is 269. The first kappa shape index (κ1) is 15.7. The molecule has 0 radical (unpaired) electrons. The molecule has 17 heavy (non-hydrogen) atoms. The van der Waals surface area contributed by atoms with Crippen molar-refractivity contribution in [2.45, 2.75) is 26.1 Å². The summed E-state index contributed by atoms with van der Waals surface area (Å²) in [6, 6.07) is -0.744. The Morgan fingerprint density at radius 3 is 2.41 bits per heavy atom. The van der Waals surface area contributed by atoms with Gasteiger partial charge in [0.1, 0.15) is 12.6 Å². The molecule has 5 nitrogen and oxygen atoms in total. The molecule has 1 unspecified atom stereocenters. The third kappa shape index (κ3) is 8.49. The van der Waals surface area contributed by atoms with Crippen molar-refractivity contribution < 1.29 is 27.5 Å². The van der Waals surface area contributed by atoms with Gasteiger partial charge < -0.3 is 10.1 Å². The largest absolute Gasteiger partial charge is 0.465 e. The van der Waals surface area contributed by atoms with Crippen LogP contribution in [0.4, 0.5) is 13.2 Å². The van der Waals surface area contributed by atoms with Crippen molar-refractivity contribution in [1.29, 1.82) is 0 Å². The van der Waals surface area contributed by atoms with Crippen LogP contribution in [-0.2, 0) is 14.3 Å². The highest BCUT2D eigenvalue weighted by Crippen LogP contribution is 2.11. The summed E-state index contributed by atoms with van der Waals surface area (Å²) in [7, 11) is 0. The zero-order valence-corrected chi connectivity index (χ0v) is 9.56. The van der Waals surface area contributed by atoms with Gasteiger partial charge in [-0.3, -0.25) is 14.9 Å². The van der Waals surface area contributed by atoms with E-state index in [1.807, 2.05) is 0 Å². The molecule has 0 saturated carbocycles. The summed E-state index contributed by atoms with van der Waals surface area (Å²) in [5.41, 5.74) is 0. The molecule has 0 heterocycles. The SMILES string of the molecule is CCOC(=O)C(C)NCC(=O)NCC(F)(F)F. The second-order valence-electron chi connectivity index (χ2n) is 3.25. The predicted octanol–water partition coefficient (Wildman–Crippen LogP) is 0.206. The number of carbonyl (C=O) groups is 2. The molecule has 0 rings (SSSR count). The lowest BCUT2D eigenvalue weighted by atomic mass is 10.3. The molecule has 2 N–H and O–H groups in total.